The average molecular weight is 282 g/mol. The Morgan fingerprint density at radius 2 is 1.86 bits per heavy atom. The highest BCUT2D eigenvalue weighted by molar-refractivity contribution is 5.87. The summed E-state index contributed by atoms with van der Waals surface area (Å²) in [7, 11) is 0. The summed E-state index contributed by atoms with van der Waals surface area (Å²) in [5.74, 6) is 0.123. The zero-order chi connectivity index (χ0) is 14.7. The summed E-state index contributed by atoms with van der Waals surface area (Å²) >= 11 is 0. The first kappa shape index (κ1) is 14.1. The van der Waals surface area contributed by atoms with Crippen LogP contribution in [0.4, 0.5) is 0 Å². The zero-order valence-electron chi connectivity index (χ0n) is 12.5. The third-order valence-corrected chi connectivity index (χ3v) is 4.23. The lowest BCUT2D eigenvalue weighted by Crippen LogP contribution is -2.36. The van der Waals surface area contributed by atoms with Gasteiger partial charge in [-0.25, -0.2) is 0 Å². The first-order chi connectivity index (χ1) is 10.2. The van der Waals surface area contributed by atoms with Gasteiger partial charge in [-0.2, -0.15) is 0 Å². The number of likely N-dealkylation sites (tertiary alicyclic amines) is 1. The number of rotatable bonds is 4. The van der Waals surface area contributed by atoms with E-state index in [0.29, 0.717) is 6.54 Å². The predicted octanol–water partition coefficient (Wildman–Crippen LogP) is 3.11. The van der Waals surface area contributed by atoms with E-state index in [4.69, 9.17) is 0 Å². The molecule has 3 rings (SSSR count). The molecule has 1 heterocycles. The molecule has 0 aliphatic carbocycles. The molecule has 0 bridgehead atoms. The summed E-state index contributed by atoms with van der Waals surface area (Å²) in [5, 5.41) is 5.57. The first-order valence-electron chi connectivity index (χ1n) is 7.73. The molecule has 1 atom stereocenters. The molecule has 0 radical (unpaired) electrons. The lowest BCUT2D eigenvalue weighted by atomic mass is 10.00. The molecule has 1 fully saturated rings. The molecule has 2 aromatic rings. The highest BCUT2D eigenvalue weighted by atomic mass is 16.2. The Hall–Kier alpha value is -1.87. The quantitative estimate of drug-likeness (QED) is 0.934. The fourth-order valence-electron chi connectivity index (χ4n) is 3.14. The van der Waals surface area contributed by atoms with Gasteiger partial charge in [-0.1, -0.05) is 42.5 Å². The monoisotopic (exact) mass is 282 g/mol. The van der Waals surface area contributed by atoms with Crippen LogP contribution in [0.25, 0.3) is 10.8 Å². The highest BCUT2D eigenvalue weighted by Crippen LogP contribution is 2.24. The van der Waals surface area contributed by atoms with Crippen LogP contribution in [-0.4, -0.2) is 30.4 Å². The summed E-state index contributed by atoms with van der Waals surface area (Å²) in [4.78, 5) is 14.4. The van der Waals surface area contributed by atoms with Crippen LogP contribution in [0.5, 0.6) is 0 Å². The van der Waals surface area contributed by atoms with Gasteiger partial charge in [-0.05, 0) is 49.2 Å². The van der Waals surface area contributed by atoms with E-state index >= 15 is 0 Å². The van der Waals surface area contributed by atoms with E-state index in [1.807, 2.05) is 12.1 Å². The van der Waals surface area contributed by atoms with Crippen LogP contribution in [0.3, 0.4) is 0 Å². The van der Waals surface area contributed by atoms with Crippen molar-refractivity contribution in [2.75, 3.05) is 19.6 Å². The number of nitrogens with one attached hydrogen (secondary N) is 1. The lowest BCUT2D eigenvalue weighted by molar-refractivity contribution is -0.122. The molecular formula is C18H22N2O. The number of carbonyl (C=O) groups is 1. The second-order valence-corrected chi connectivity index (χ2v) is 5.84. The third-order valence-electron chi connectivity index (χ3n) is 4.23. The number of nitrogens with zero attached hydrogens (tertiary/aromatic N) is 1. The minimum absolute atomic E-state index is 0.0335. The maximum Gasteiger partial charge on any atom is 0.234 e. The van der Waals surface area contributed by atoms with E-state index in [1.165, 1.54) is 29.2 Å². The van der Waals surface area contributed by atoms with Crippen molar-refractivity contribution in [1.82, 2.24) is 10.2 Å². The van der Waals surface area contributed by atoms with Gasteiger partial charge in [0, 0.05) is 0 Å². The van der Waals surface area contributed by atoms with E-state index in [0.717, 1.165) is 13.1 Å². The van der Waals surface area contributed by atoms with Crippen LogP contribution in [0.15, 0.2) is 42.5 Å². The van der Waals surface area contributed by atoms with Crippen molar-refractivity contribution in [3.05, 3.63) is 48.0 Å². The fraction of sp³-hybridized carbons (Fsp3) is 0.389. The smallest absolute Gasteiger partial charge is 0.234 e. The van der Waals surface area contributed by atoms with Crippen LogP contribution in [0.1, 0.15) is 31.4 Å². The predicted molar refractivity (Wildman–Crippen MR) is 86.2 cm³/mol. The summed E-state index contributed by atoms with van der Waals surface area (Å²) in [6.07, 6.45) is 2.43. The van der Waals surface area contributed by atoms with E-state index < -0.39 is 0 Å². The van der Waals surface area contributed by atoms with Crippen LogP contribution < -0.4 is 5.32 Å². The van der Waals surface area contributed by atoms with Gasteiger partial charge in [0.25, 0.3) is 0 Å². The number of amides is 1. The molecule has 3 nitrogen and oxygen atoms in total. The van der Waals surface area contributed by atoms with E-state index in [1.54, 1.807) is 0 Å². The van der Waals surface area contributed by atoms with Gasteiger partial charge in [0.2, 0.25) is 5.91 Å². The Bertz CT molecular complexity index is 627. The minimum Gasteiger partial charge on any atom is -0.348 e. The molecule has 0 aromatic heterocycles. The molecule has 1 amide bonds. The van der Waals surface area contributed by atoms with Gasteiger partial charge in [0.15, 0.2) is 0 Å². The first-order valence-corrected chi connectivity index (χ1v) is 7.73. The Morgan fingerprint density at radius 3 is 2.67 bits per heavy atom. The van der Waals surface area contributed by atoms with Gasteiger partial charge in [-0.3, -0.25) is 9.69 Å². The number of benzene rings is 2. The molecule has 0 saturated carbocycles. The average Bonchev–Trinajstić information content (AvgIpc) is 2.99. The molecule has 1 aliphatic rings. The van der Waals surface area contributed by atoms with Crippen molar-refractivity contribution in [2.24, 2.45) is 0 Å². The molecular weight excluding hydrogens is 260 g/mol. The van der Waals surface area contributed by atoms with Crippen molar-refractivity contribution in [1.29, 1.82) is 0 Å². The highest BCUT2D eigenvalue weighted by Gasteiger charge is 2.17. The Labute approximate surface area is 125 Å². The minimum atomic E-state index is 0.0335. The lowest BCUT2D eigenvalue weighted by Gasteiger charge is -2.19. The summed E-state index contributed by atoms with van der Waals surface area (Å²) in [5.41, 5.74) is 1.18. The number of hydrogen-bond acceptors (Lipinski definition) is 2. The summed E-state index contributed by atoms with van der Waals surface area (Å²) in [6.45, 7) is 4.69. The second kappa shape index (κ2) is 6.27. The Morgan fingerprint density at radius 1 is 1.14 bits per heavy atom. The van der Waals surface area contributed by atoms with Gasteiger partial charge in [-0.15, -0.1) is 0 Å². The van der Waals surface area contributed by atoms with Crippen molar-refractivity contribution >= 4 is 16.7 Å². The van der Waals surface area contributed by atoms with Crippen LogP contribution in [0.2, 0.25) is 0 Å². The van der Waals surface area contributed by atoms with Crippen molar-refractivity contribution in [3.8, 4) is 0 Å². The maximum atomic E-state index is 12.2. The number of fused-ring (bicyclic) bond motifs is 1. The van der Waals surface area contributed by atoms with Gasteiger partial charge < -0.3 is 5.32 Å². The van der Waals surface area contributed by atoms with Crippen molar-refractivity contribution in [3.63, 3.8) is 0 Å². The van der Waals surface area contributed by atoms with Gasteiger partial charge >= 0.3 is 0 Å². The molecule has 21 heavy (non-hydrogen) atoms. The Kier molecular flexibility index (Phi) is 4.20. The number of hydrogen-bond donors (Lipinski definition) is 1. The fourth-order valence-corrected chi connectivity index (χ4v) is 3.14. The maximum absolute atomic E-state index is 12.2. The van der Waals surface area contributed by atoms with E-state index in [9.17, 15) is 4.79 Å². The second-order valence-electron chi connectivity index (χ2n) is 5.84. The molecule has 2 aromatic carbocycles. The molecule has 1 saturated heterocycles. The van der Waals surface area contributed by atoms with Gasteiger partial charge in [0.05, 0.1) is 12.6 Å². The Balaban J connectivity index is 1.71. The van der Waals surface area contributed by atoms with Crippen LogP contribution >= 0.6 is 0 Å². The molecule has 1 aliphatic heterocycles. The SMILES string of the molecule is C[C@@H](NC(=O)CN1CCCC1)c1cccc2ccccc12. The molecule has 3 heteroatoms. The molecule has 110 valence electrons. The van der Waals surface area contributed by atoms with Crippen LogP contribution in [0, 0.1) is 0 Å². The van der Waals surface area contributed by atoms with Crippen molar-refractivity contribution in [2.45, 2.75) is 25.8 Å². The number of carbonyl (C=O) groups excluding carboxylic acids is 1. The molecule has 0 unspecified atom stereocenters. The topological polar surface area (TPSA) is 32.3 Å². The standard InChI is InChI=1S/C18H22N2O/c1-14(19-18(21)13-20-11-4-5-12-20)16-10-6-8-15-7-2-3-9-17(15)16/h2-3,6-10,14H,4-5,11-13H2,1H3,(H,19,21)/t14-/m1/s1. The van der Waals surface area contributed by atoms with Crippen LogP contribution in [-0.2, 0) is 4.79 Å². The van der Waals surface area contributed by atoms with E-state index in [-0.39, 0.29) is 11.9 Å². The summed E-state index contributed by atoms with van der Waals surface area (Å²) < 4.78 is 0. The van der Waals surface area contributed by atoms with E-state index in [2.05, 4.69) is 47.5 Å². The summed E-state index contributed by atoms with van der Waals surface area (Å²) in [6, 6.07) is 14.6. The third kappa shape index (κ3) is 3.24. The van der Waals surface area contributed by atoms with Gasteiger partial charge in [0.1, 0.15) is 0 Å². The molecule has 1 N–H and O–H groups in total. The molecule has 0 spiro atoms. The normalized spacial score (nSPS) is 17.0. The van der Waals surface area contributed by atoms with Crippen molar-refractivity contribution < 1.29 is 4.79 Å². The largest absolute Gasteiger partial charge is 0.348 e. The zero-order valence-corrected chi connectivity index (χ0v) is 12.5.